The minimum Gasteiger partial charge on any atom is -0.356 e. The lowest BCUT2D eigenvalue weighted by atomic mass is 10.1. The largest absolute Gasteiger partial charge is 0.451 e. The first-order valence-corrected chi connectivity index (χ1v) is 10.8. The maximum absolute atomic E-state index is 13.8. The first kappa shape index (κ1) is 23.2. The SMILES string of the molecule is CSc1cccc(NC(=O)c2c(C)nc(C(F)(F)F)nc2N2CCCC(F)(F)CC2)c1. The van der Waals surface area contributed by atoms with E-state index in [1.807, 2.05) is 12.3 Å². The molecule has 31 heavy (non-hydrogen) atoms. The van der Waals surface area contributed by atoms with Crippen LogP contribution in [0, 0.1) is 6.92 Å². The zero-order chi connectivity index (χ0) is 22.8. The van der Waals surface area contributed by atoms with Gasteiger partial charge in [-0.25, -0.2) is 18.7 Å². The molecule has 1 N–H and O–H groups in total. The fourth-order valence-corrected chi connectivity index (χ4v) is 3.81. The molecule has 1 aromatic heterocycles. The average molecular weight is 460 g/mol. The Bertz CT molecular complexity index is 967. The molecule has 2 aromatic rings. The summed E-state index contributed by atoms with van der Waals surface area (Å²) in [6.07, 6.45) is -3.82. The molecule has 0 radical (unpaired) electrons. The van der Waals surface area contributed by atoms with Crippen LogP contribution in [0.2, 0.25) is 0 Å². The minimum atomic E-state index is -4.84. The van der Waals surface area contributed by atoms with Crippen LogP contribution in [0.5, 0.6) is 0 Å². The van der Waals surface area contributed by atoms with E-state index in [1.165, 1.54) is 23.6 Å². The first-order valence-electron chi connectivity index (χ1n) is 9.54. The number of thioether (sulfide) groups is 1. The lowest BCUT2D eigenvalue weighted by molar-refractivity contribution is -0.145. The number of anilines is 2. The van der Waals surface area contributed by atoms with Gasteiger partial charge in [-0.2, -0.15) is 13.2 Å². The molecule has 1 aliphatic heterocycles. The molecular formula is C20H21F5N4OS. The summed E-state index contributed by atoms with van der Waals surface area (Å²) in [6.45, 7) is 1.12. The van der Waals surface area contributed by atoms with Gasteiger partial charge in [-0.15, -0.1) is 11.8 Å². The number of carbonyl (C=O) groups is 1. The van der Waals surface area contributed by atoms with Crippen molar-refractivity contribution in [1.29, 1.82) is 0 Å². The Hall–Kier alpha value is -2.43. The summed E-state index contributed by atoms with van der Waals surface area (Å²) in [5, 5.41) is 2.65. The van der Waals surface area contributed by atoms with Crippen molar-refractivity contribution >= 4 is 29.2 Å². The quantitative estimate of drug-likeness (QED) is 0.489. The van der Waals surface area contributed by atoms with Crippen molar-refractivity contribution in [2.75, 3.05) is 29.6 Å². The molecule has 0 aliphatic carbocycles. The average Bonchev–Trinajstić information content (AvgIpc) is 2.87. The number of benzene rings is 1. The van der Waals surface area contributed by atoms with Gasteiger partial charge in [0.05, 0.1) is 5.69 Å². The fraction of sp³-hybridized carbons (Fsp3) is 0.450. The Morgan fingerprint density at radius 3 is 2.61 bits per heavy atom. The van der Waals surface area contributed by atoms with Gasteiger partial charge in [-0.05, 0) is 37.8 Å². The number of aryl methyl sites for hydroxylation is 1. The highest BCUT2D eigenvalue weighted by Gasteiger charge is 2.39. The van der Waals surface area contributed by atoms with Gasteiger partial charge in [0.25, 0.3) is 5.91 Å². The van der Waals surface area contributed by atoms with E-state index in [-0.39, 0.29) is 43.0 Å². The van der Waals surface area contributed by atoms with E-state index in [4.69, 9.17) is 0 Å². The van der Waals surface area contributed by atoms with Gasteiger partial charge in [-0.3, -0.25) is 4.79 Å². The second-order valence-electron chi connectivity index (χ2n) is 7.21. The zero-order valence-corrected chi connectivity index (χ0v) is 17.7. The van der Waals surface area contributed by atoms with Crippen molar-refractivity contribution < 1.29 is 26.7 Å². The van der Waals surface area contributed by atoms with E-state index < -0.39 is 30.3 Å². The fourth-order valence-electron chi connectivity index (χ4n) is 3.35. The summed E-state index contributed by atoms with van der Waals surface area (Å²) < 4.78 is 67.5. The molecular weight excluding hydrogens is 439 g/mol. The van der Waals surface area contributed by atoms with Crippen molar-refractivity contribution in [1.82, 2.24) is 9.97 Å². The maximum atomic E-state index is 13.8. The number of hydrogen-bond donors (Lipinski definition) is 1. The predicted molar refractivity (Wildman–Crippen MR) is 109 cm³/mol. The highest BCUT2D eigenvalue weighted by Crippen LogP contribution is 2.34. The van der Waals surface area contributed by atoms with Crippen molar-refractivity contribution in [2.45, 2.75) is 43.2 Å². The molecule has 5 nitrogen and oxygen atoms in total. The summed E-state index contributed by atoms with van der Waals surface area (Å²) in [6, 6.07) is 6.93. The van der Waals surface area contributed by atoms with Gasteiger partial charge in [-0.1, -0.05) is 6.07 Å². The van der Waals surface area contributed by atoms with Crippen molar-refractivity contribution in [3.8, 4) is 0 Å². The number of carbonyl (C=O) groups excluding carboxylic acids is 1. The van der Waals surface area contributed by atoms with Crippen molar-refractivity contribution in [3.63, 3.8) is 0 Å². The van der Waals surface area contributed by atoms with Crippen LogP contribution in [-0.4, -0.2) is 41.1 Å². The van der Waals surface area contributed by atoms with Crippen LogP contribution in [0.25, 0.3) is 0 Å². The number of halogens is 5. The monoisotopic (exact) mass is 460 g/mol. The Labute approximate surface area is 180 Å². The van der Waals surface area contributed by atoms with Crippen LogP contribution in [-0.2, 0) is 6.18 Å². The molecule has 2 heterocycles. The number of amides is 1. The van der Waals surface area contributed by atoms with Crippen LogP contribution in [0.3, 0.4) is 0 Å². The molecule has 1 amide bonds. The summed E-state index contributed by atoms with van der Waals surface area (Å²) in [4.78, 5) is 22.3. The van der Waals surface area contributed by atoms with Crippen molar-refractivity contribution in [3.05, 3.63) is 41.3 Å². The van der Waals surface area contributed by atoms with E-state index in [0.29, 0.717) is 5.69 Å². The molecule has 1 aliphatic rings. The molecule has 0 spiro atoms. The van der Waals surface area contributed by atoms with E-state index >= 15 is 0 Å². The number of aromatic nitrogens is 2. The number of hydrogen-bond acceptors (Lipinski definition) is 5. The van der Waals surface area contributed by atoms with Gasteiger partial charge in [0.2, 0.25) is 11.7 Å². The summed E-state index contributed by atoms with van der Waals surface area (Å²) in [5.41, 5.74) is 0.115. The zero-order valence-electron chi connectivity index (χ0n) is 16.9. The molecule has 1 saturated heterocycles. The summed E-state index contributed by atoms with van der Waals surface area (Å²) in [5.74, 6) is -5.30. The van der Waals surface area contributed by atoms with E-state index in [2.05, 4.69) is 15.3 Å². The van der Waals surface area contributed by atoms with E-state index in [0.717, 1.165) is 4.90 Å². The second-order valence-corrected chi connectivity index (χ2v) is 8.09. The Balaban J connectivity index is 2.02. The first-order chi connectivity index (χ1) is 14.5. The third-order valence-corrected chi connectivity index (χ3v) is 5.62. The standard InChI is InChI=1S/C20H21F5N4OS/c1-12-15(17(30)27-13-5-3-6-14(11-13)31-2)16(28-18(26-12)20(23,24)25)29-9-4-7-19(21,22)8-10-29/h3,5-6,11H,4,7-10H2,1-2H3,(H,27,30). The van der Waals surface area contributed by atoms with Gasteiger partial charge < -0.3 is 10.2 Å². The van der Waals surface area contributed by atoms with Gasteiger partial charge in [0, 0.05) is 36.5 Å². The molecule has 1 fully saturated rings. The Morgan fingerprint density at radius 1 is 1.19 bits per heavy atom. The highest BCUT2D eigenvalue weighted by molar-refractivity contribution is 7.98. The second kappa shape index (κ2) is 8.97. The lowest BCUT2D eigenvalue weighted by Gasteiger charge is -2.25. The highest BCUT2D eigenvalue weighted by atomic mass is 32.2. The molecule has 0 unspecified atom stereocenters. The van der Waals surface area contributed by atoms with Gasteiger partial charge in [0.15, 0.2) is 0 Å². The summed E-state index contributed by atoms with van der Waals surface area (Å²) in [7, 11) is 0. The van der Waals surface area contributed by atoms with E-state index in [9.17, 15) is 26.7 Å². The molecule has 0 saturated carbocycles. The molecule has 11 heteroatoms. The van der Waals surface area contributed by atoms with Crippen LogP contribution in [0.15, 0.2) is 29.2 Å². The molecule has 1 aromatic carbocycles. The number of alkyl halides is 5. The van der Waals surface area contributed by atoms with Crippen LogP contribution < -0.4 is 10.2 Å². The molecule has 0 bridgehead atoms. The molecule has 0 atom stereocenters. The smallest absolute Gasteiger partial charge is 0.356 e. The van der Waals surface area contributed by atoms with E-state index in [1.54, 1.807) is 18.2 Å². The Kier molecular flexibility index (Phi) is 6.73. The third-order valence-electron chi connectivity index (χ3n) is 4.90. The van der Waals surface area contributed by atoms with Crippen molar-refractivity contribution in [2.24, 2.45) is 0 Å². The Morgan fingerprint density at radius 2 is 1.94 bits per heavy atom. The minimum absolute atomic E-state index is 0.0611. The van der Waals surface area contributed by atoms with Crippen LogP contribution >= 0.6 is 11.8 Å². The van der Waals surface area contributed by atoms with Crippen LogP contribution in [0.4, 0.5) is 33.5 Å². The number of nitrogens with one attached hydrogen (secondary N) is 1. The van der Waals surface area contributed by atoms with Gasteiger partial charge in [0.1, 0.15) is 11.4 Å². The van der Waals surface area contributed by atoms with Gasteiger partial charge >= 0.3 is 6.18 Å². The lowest BCUT2D eigenvalue weighted by Crippen LogP contribution is -2.31. The topological polar surface area (TPSA) is 58.1 Å². The summed E-state index contributed by atoms with van der Waals surface area (Å²) >= 11 is 1.46. The maximum Gasteiger partial charge on any atom is 0.451 e. The normalized spacial score (nSPS) is 16.7. The molecule has 3 rings (SSSR count). The van der Waals surface area contributed by atoms with Crippen LogP contribution in [0.1, 0.15) is 41.1 Å². The number of nitrogens with zero attached hydrogens (tertiary/aromatic N) is 3. The predicted octanol–water partition coefficient (Wildman–Crippen LogP) is 5.40. The third kappa shape index (κ3) is 5.63. The molecule has 168 valence electrons. The number of rotatable bonds is 4.